The third kappa shape index (κ3) is 3.91. The summed E-state index contributed by atoms with van der Waals surface area (Å²) in [4.78, 5) is 12.7. The molecule has 0 amide bonds. The molecule has 0 aromatic rings. The number of carbonyl (C=O) groups is 1. The van der Waals surface area contributed by atoms with E-state index in [1.807, 2.05) is 11.9 Å². The standard InChI is InChI=1S/C7H16INO2/c1-3-4-6(7(10)11)8(2)5-9/h6H,3-5,9H2,1-2H3,(H,10,11)/t6-/m1/s1. The van der Waals surface area contributed by atoms with Crippen LogP contribution in [0.25, 0.3) is 0 Å². The topological polar surface area (TPSA) is 63.3 Å². The minimum atomic E-state index is -1.36. The third-order valence-electron chi connectivity index (χ3n) is 1.50. The summed E-state index contributed by atoms with van der Waals surface area (Å²) in [5, 5.41) is 8.79. The van der Waals surface area contributed by atoms with Gasteiger partial charge < -0.3 is 0 Å². The fourth-order valence-electron chi connectivity index (χ4n) is 0.830. The molecule has 0 unspecified atom stereocenters. The Morgan fingerprint density at radius 3 is 2.55 bits per heavy atom. The van der Waals surface area contributed by atoms with Crippen LogP contribution in [0.4, 0.5) is 0 Å². The number of alkyl halides is 3. The van der Waals surface area contributed by atoms with E-state index >= 15 is 0 Å². The first-order valence-electron chi connectivity index (χ1n) is 3.60. The van der Waals surface area contributed by atoms with Crippen LogP contribution in [0.2, 0.25) is 0 Å². The Hall–Kier alpha value is 0.160. The first-order chi connectivity index (χ1) is 5.13. The van der Waals surface area contributed by atoms with E-state index in [1.165, 1.54) is 0 Å². The average molecular weight is 273 g/mol. The van der Waals surface area contributed by atoms with Gasteiger partial charge in [0, 0.05) is 0 Å². The van der Waals surface area contributed by atoms with Gasteiger partial charge >= 0.3 is 74.6 Å². The van der Waals surface area contributed by atoms with Crippen LogP contribution in [0.1, 0.15) is 19.8 Å². The Bertz CT molecular complexity index is 130. The predicted molar refractivity (Wildman–Crippen MR) is 55.3 cm³/mol. The second kappa shape index (κ2) is 5.77. The van der Waals surface area contributed by atoms with Crippen LogP contribution >= 0.6 is 19.8 Å². The van der Waals surface area contributed by atoms with E-state index in [0.717, 1.165) is 12.8 Å². The van der Waals surface area contributed by atoms with E-state index in [4.69, 9.17) is 10.8 Å². The van der Waals surface area contributed by atoms with Crippen molar-refractivity contribution in [3.63, 3.8) is 0 Å². The Morgan fingerprint density at radius 1 is 1.73 bits per heavy atom. The van der Waals surface area contributed by atoms with Crippen molar-refractivity contribution in [1.29, 1.82) is 0 Å². The van der Waals surface area contributed by atoms with Crippen LogP contribution in [0.3, 0.4) is 0 Å². The molecule has 0 aromatic carbocycles. The van der Waals surface area contributed by atoms with Gasteiger partial charge in [0.25, 0.3) is 0 Å². The first kappa shape index (κ1) is 11.2. The molecule has 0 rings (SSSR count). The molecule has 0 aliphatic heterocycles. The molecule has 3 nitrogen and oxygen atoms in total. The van der Waals surface area contributed by atoms with Gasteiger partial charge in [0.1, 0.15) is 0 Å². The molecule has 0 spiro atoms. The number of aliphatic carboxylic acids is 1. The molecule has 0 radical (unpaired) electrons. The van der Waals surface area contributed by atoms with Crippen molar-refractivity contribution in [3.8, 4) is 0 Å². The summed E-state index contributed by atoms with van der Waals surface area (Å²) in [5.41, 5.74) is 5.45. The molecule has 0 saturated heterocycles. The Balaban J connectivity index is 3.97. The number of carboxylic acid groups (broad SMARTS) is 1. The normalized spacial score (nSPS) is 14.3. The van der Waals surface area contributed by atoms with Gasteiger partial charge in [-0.1, -0.05) is 0 Å². The second-order valence-corrected chi connectivity index (χ2v) is 8.42. The predicted octanol–water partition coefficient (Wildman–Crippen LogP) is 1.29. The Morgan fingerprint density at radius 2 is 2.27 bits per heavy atom. The Labute approximate surface area is 74.7 Å². The molecule has 68 valence electrons. The zero-order valence-electron chi connectivity index (χ0n) is 7.01. The maximum absolute atomic E-state index is 10.7. The monoisotopic (exact) mass is 273 g/mol. The quantitative estimate of drug-likeness (QED) is 0.451. The number of nitrogens with two attached hydrogens (primary N) is 1. The SMILES string of the molecule is CCC[C@H](C(=O)O)I(C)CN. The molecular weight excluding hydrogens is 257 g/mol. The van der Waals surface area contributed by atoms with Crippen LogP contribution in [0.15, 0.2) is 0 Å². The van der Waals surface area contributed by atoms with Crippen molar-refractivity contribution in [1.82, 2.24) is 0 Å². The van der Waals surface area contributed by atoms with Crippen molar-refractivity contribution < 1.29 is 9.90 Å². The van der Waals surface area contributed by atoms with Crippen LogP contribution in [0, 0.1) is 0 Å². The molecule has 0 saturated carbocycles. The van der Waals surface area contributed by atoms with E-state index in [1.54, 1.807) is 0 Å². The molecule has 1 atom stereocenters. The molecule has 0 heterocycles. The molecule has 0 fully saturated rings. The maximum atomic E-state index is 10.7. The number of rotatable bonds is 5. The number of hydrogen-bond donors (Lipinski definition) is 2. The zero-order valence-corrected chi connectivity index (χ0v) is 9.17. The molecule has 0 bridgehead atoms. The molecule has 0 aliphatic rings. The van der Waals surface area contributed by atoms with Crippen LogP contribution in [0.5, 0.6) is 0 Å². The molecule has 0 aromatic heterocycles. The summed E-state index contributed by atoms with van der Waals surface area (Å²) in [6.07, 6.45) is 1.74. The van der Waals surface area contributed by atoms with Gasteiger partial charge in [-0.05, 0) is 0 Å². The summed E-state index contributed by atoms with van der Waals surface area (Å²) in [6.45, 7) is 2.01. The van der Waals surface area contributed by atoms with E-state index < -0.39 is 25.8 Å². The van der Waals surface area contributed by atoms with Crippen molar-refractivity contribution in [2.24, 2.45) is 5.73 Å². The third-order valence-corrected chi connectivity index (χ3v) is 6.61. The molecule has 3 N–H and O–H groups in total. The number of carboxylic acids is 1. The number of halogens is 1. The van der Waals surface area contributed by atoms with Gasteiger partial charge in [0.05, 0.1) is 0 Å². The van der Waals surface area contributed by atoms with E-state index in [-0.39, 0.29) is 3.92 Å². The van der Waals surface area contributed by atoms with Gasteiger partial charge in [0.2, 0.25) is 0 Å². The summed E-state index contributed by atoms with van der Waals surface area (Å²) >= 11 is -1.36. The van der Waals surface area contributed by atoms with Crippen molar-refractivity contribution in [2.75, 3.05) is 9.48 Å². The van der Waals surface area contributed by atoms with E-state index in [9.17, 15) is 4.79 Å². The van der Waals surface area contributed by atoms with Crippen molar-refractivity contribution in [2.45, 2.75) is 23.7 Å². The second-order valence-electron chi connectivity index (χ2n) is 2.39. The molecule has 0 aliphatic carbocycles. The van der Waals surface area contributed by atoms with Crippen LogP contribution in [-0.2, 0) is 4.79 Å². The first-order valence-corrected chi connectivity index (χ1v) is 8.53. The minimum absolute atomic E-state index is 0.103. The average Bonchev–Trinajstić information content (AvgIpc) is 1.98. The fourth-order valence-corrected chi connectivity index (χ4v) is 4.04. The Kier molecular flexibility index (Phi) is 5.85. The van der Waals surface area contributed by atoms with Crippen molar-refractivity contribution >= 4 is 25.8 Å². The molecule has 11 heavy (non-hydrogen) atoms. The van der Waals surface area contributed by atoms with Gasteiger partial charge in [-0.2, -0.15) is 0 Å². The van der Waals surface area contributed by atoms with Gasteiger partial charge in [-0.15, -0.1) is 0 Å². The summed E-state index contributed by atoms with van der Waals surface area (Å²) in [6, 6.07) is 0. The fraction of sp³-hybridized carbons (Fsp3) is 0.857. The van der Waals surface area contributed by atoms with E-state index in [2.05, 4.69) is 0 Å². The summed E-state index contributed by atoms with van der Waals surface area (Å²) in [7, 11) is 0. The van der Waals surface area contributed by atoms with Gasteiger partial charge in [0.15, 0.2) is 0 Å². The zero-order chi connectivity index (χ0) is 8.85. The molecule has 4 heteroatoms. The van der Waals surface area contributed by atoms with Gasteiger partial charge in [-0.25, -0.2) is 0 Å². The van der Waals surface area contributed by atoms with Crippen LogP contribution < -0.4 is 5.73 Å². The van der Waals surface area contributed by atoms with Crippen LogP contribution in [-0.4, -0.2) is 24.5 Å². The molecular formula is C7H16INO2. The van der Waals surface area contributed by atoms with Gasteiger partial charge in [-0.3, -0.25) is 0 Å². The van der Waals surface area contributed by atoms with E-state index in [0.29, 0.717) is 4.55 Å². The summed E-state index contributed by atoms with van der Waals surface area (Å²) in [5.74, 6) is -0.648. The number of hydrogen-bond acceptors (Lipinski definition) is 2. The summed E-state index contributed by atoms with van der Waals surface area (Å²) < 4.78 is 0.509. The van der Waals surface area contributed by atoms with Crippen molar-refractivity contribution in [3.05, 3.63) is 0 Å².